The van der Waals surface area contributed by atoms with Gasteiger partial charge in [-0.2, -0.15) is 0 Å². The molecule has 76 valence electrons. The van der Waals surface area contributed by atoms with Crippen molar-refractivity contribution in [1.29, 1.82) is 0 Å². The molecule has 0 radical (unpaired) electrons. The molecule has 0 aliphatic carbocycles. The van der Waals surface area contributed by atoms with E-state index in [1.54, 1.807) is 6.34 Å². The SMILES string of the molecule is CN(C)C=Nc1cc(Br)c(Cl)cc1I. The predicted molar refractivity (Wildman–Crippen MR) is 73.7 cm³/mol. The average Bonchev–Trinajstić information content (AvgIpc) is 2.09. The van der Waals surface area contributed by atoms with Crippen LogP contribution in [0.2, 0.25) is 5.02 Å². The second kappa shape index (κ2) is 5.32. The second-order valence-corrected chi connectivity index (χ2v) is 5.35. The average molecular weight is 387 g/mol. The first-order chi connectivity index (χ1) is 6.50. The first-order valence-electron chi connectivity index (χ1n) is 3.86. The number of hydrogen-bond acceptors (Lipinski definition) is 1. The molecule has 0 spiro atoms. The first kappa shape index (κ1) is 12.3. The summed E-state index contributed by atoms with van der Waals surface area (Å²) in [5.74, 6) is 0. The van der Waals surface area contributed by atoms with Gasteiger partial charge >= 0.3 is 0 Å². The Hall–Kier alpha value is 0.190. The molecule has 14 heavy (non-hydrogen) atoms. The smallest absolute Gasteiger partial charge is 0.0907 e. The summed E-state index contributed by atoms with van der Waals surface area (Å²) in [6.07, 6.45) is 1.76. The molecule has 0 aliphatic rings. The maximum absolute atomic E-state index is 5.93. The molecule has 0 bridgehead atoms. The Morgan fingerprint density at radius 3 is 2.71 bits per heavy atom. The van der Waals surface area contributed by atoms with Gasteiger partial charge in [0.25, 0.3) is 0 Å². The lowest BCUT2D eigenvalue weighted by Crippen LogP contribution is -2.07. The minimum atomic E-state index is 0.707. The summed E-state index contributed by atoms with van der Waals surface area (Å²) in [6.45, 7) is 0. The fourth-order valence-corrected chi connectivity index (χ4v) is 2.07. The molecule has 1 aromatic rings. The van der Waals surface area contributed by atoms with Crippen molar-refractivity contribution in [2.24, 2.45) is 4.99 Å². The van der Waals surface area contributed by atoms with Gasteiger partial charge in [-0.05, 0) is 50.7 Å². The predicted octanol–water partition coefficient (Wildman–Crippen LogP) is 3.93. The van der Waals surface area contributed by atoms with Gasteiger partial charge in [0.15, 0.2) is 0 Å². The van der Waals surface area contributed by atoms with E-state index in [9.17, 15) is 0 Å². The normalized spacial score (nSPS) is 10.9. The second-order valence-electron chi connectivity index (χ2n) is 2.93. The fourth-order valence-electron chi connectivity index (χ4n) is 0.789. The van der Waals surface area contributed by atoms with Crippen molar-refractivity contribution in [3.8, 4) is 0 Å². The van der Waals surface area contributed by atoms with Crippen LogP contribution in [-0.4, -0.2) is 25.3 Å². The van der Waals surface area contributed by atoms with Gasteiger partial charge in [-0.3, -0.25) is 0 Å². The van der Waals surface area contributed by atoms with Gasteiger partial charge in [0.1, 0.15) is 0 Å². The van der Waals surface area contributed by atoms with E-state index in [1.807, 2.05) is 31.1 Å². The first-order valence-corrected chi connectivity index (χ1v) is 6.11. The van der Waals surface area contributed by atoms with Crippen LogP contribution in [0.5, 0.6) is 0 Å². The summed E-state index contributed by atoms with van der Waals surface area (Å²) < 4.78 is 1.90. The van der Waals surface area contributed by atoms with Gasteiger partial charge in [-0.1, -0.05) is 11.6 Å². The van der Waals surface area contributed by atoms with E-state index in [-0.39, 0.29) is 0 Å². The largest absolute Gasteiger partial charge is 0.369 e. The number of halogens is 3. The van der Waals surface area contributed by atoms with Crippen LogP contribution in [0.1, 0.15) is 0 Å². The lowest BCUT2D eigenvalue weighted by molar-refractivity contribution is 0.643. The Morgan fingerprint density at radius 2 is 2.14 bits per heavy atom. The maximum atomic E-state index is 5.93. The zero-order chi connectivity index (χ0) is 10.7. The van der Waals surface area contributed by atoms with Gasteiger partial charge in [-0.25, -0.2) is 4.99 Å². The van der Waals surface area contributed by atoms with Crippen molar-refractivity contribution in [3.63, 3.8) is 0 Å². The number of rotatable bonds is 2. The molecule has 2 nitrogen and oxygen atoms in total. The summed E-state index contributed by atoms with van der Waals surface area (Å²) in [6, 6.07) is 3.79. The molecule has 1 rings (SSSR count). The third kappa shape index (κ3) is 3.40. The van der Waals surface area contributed by atoms with E-state index in [4.69, 9.17) is 11.6 Å². The standard InChI is InChI=1S/C9H9BrClIN2/c1-14(2)5-13-9-3-6(10)7(11)4-8(9)12/h3-5H,1-2H3. The highest BCUT2D eigenvalue weighted by molar-refractivity contribution is 14.1. The van der Waals surface area contributed by atoms with Crippen molar-refractivity contribution < 1.29 is 0 Å². The van der Waals surface area contributed by atoms with E-state index >= 15 is 0 Å². The molecular formula is C9H9BrClIN2. The zero-order valence-corrected chi connectivity index (χ0v) is 12.3. The number of hydrogen-bond donors (Lipinski definition) is 0. The van der Waals surface area contributed by atoms with Gasteiger partial charge in [0.05, 0.1) is 17.0 Å². The molecule has 5 heteroatoms. The monoisotopic (exact) mass is 386 g/mol. The fraction of sp³-hybridized carbons (Fsp3) is 0.222. The lowest BCUT2D eigenvalue weighted by Gasteiger charge is -2.05. The minimum absolute atomic E-state index is 0.707. The summed E-state index contributed by atoms with van der Waals surface area (Å²) >= 11 is 11.5. The maximum Gasteiger partial charge on any atom is 0.0907 e. The van der Waals surface area contributed by atoms with Crippen LogP contribution < -0.4 is 0 Å². The highest BCUT2D eigenvalue weighted by Crippen LogP contribution is 2.31. The van der Waals surface area contributed by atoms with Crippen molar-refractivity contribution in [2.45, 2.75) is 0 Å². The summed E-state index contributed by atoms with van der Waals surface area (Å²) in [5, 5.41) is 0.707. The van der Waals surface area contributed by atoms with Crippen LogP contribution in [-0.2, 0) is 0 Å². The van der Waals surface area contributed by atoms with Crippen LogP contribution in [0, 0.1) is 3.57 Å². The van der Waals surface area contributed by atoms with Gasteiger partial charge in [-0.15, -0.1) is 0 Å². The molecule has 0 saturated heterocycles. The zero-order valence-electron chi connectivity index (χ0n) is 7.76. The molecule has 1 aromatic carbocycles. The molecule has 0 unspecified atom stereocenters. The lowest BCUT2D eigenvalue weighted by atomic mass is 10.3. The third-order valence-corrected chi connectivity index (χ3v) is 3.48. The van der Waals surface area contributed by atoms with Crippen LogP contribution in [0.4, 0.5) is 5.69 Å². The Morgan fingerprint density at radius 1 is 1.50 bits per heavy atom. The van der Waals surface area contributed by atoms with Crippen molar-refractivity contribution in [1.82, 2.24) is 4.90 Å². The van der Waals surface area contributed by atoms with Gasteiger partial charge in [0.2, 0.25) is 0 Å². The van der Waals surface area contributed by atoms with E-state index in [0.29, 0.717) is 5.02 Å². The molecule has 0 N–H and O–H groups in total. The Labute approximate surface area is 111 Å². The quantitative estimate of drug-likeness (QED) is 0.325. The number of nitrogens with zero attached hydrogens (tertiary/aromatic N) is 2. The molecule has 0 fully saturated rings. The molecule has 0 aliphatic heterocycles. The number of benzene rings is 1. The molecule has 0 saturated carbocycles. The summed E-state index contributed by atoms with van der Waals surface area (Å²) in [4.78, 5) is 6.20. The Kier molecular flexibility index (Phi) is 4.66. The molecule has 0 aromatic heterocycles. The van der Waals surface area contributed by atoms with E-state index in [1.165, 1.54) is 0 Å². The van der Waals surface area contributed by atoms with Crippen LogP contribution in [0.25, 0.3) is 0 Å². The topological polar surface area (TPSA) is 15.6 Å². The van der Waals surface area contributed by atoms with E-state index in [0.717, 1.165) is 13.7 Å². The third-order valence-electron chi connectivity index (χ3n) is 1.42. The molecular weight excluding hydrogens is 378 g/mol. The highest BCUT2D eigenvalue weighted by atomic mass is 127. The minimum Gasteiger partial charge on any atom is -0.369 e. The van der Waals surface area contributed by atoms with Crippen LogP contribution in [0.15, 0.2) is 21.6 Å². The van der Waals surface area contributed by atoms with E-state index < -0.39 is 0 Å². The van der Waals surface area contributed by atoms with Crippen LogP contribution in [0.3, 0.4) is 0 Å². The molecule has 0 atom stereocenters. The van der Waals surface area contributed by atoms with Crippen molar-refractivity contribution in [2.75, 3.05) is 14.1 Å². The van der Waals surface area contributed by atoms with Gasteiger partial charge < -0.3 is 4.90 Å². The Balaban J connectivity index is 3.04. The van der Waals surface area contributed by atoms with Crippen molar-refractivity contribution >= 4 is 62.1 Å². The summed E-state index contributed by atoms with van der Waals surface area (Å²) in [5.41, 5.74) is 0.913. The number of aliphatic imine (C=N–C) groups is 1. The van der Waals surface area contributed by atoms with Gasteiger partial charge in [0, 0.05) is 22.1 Å². The highest BCUT2D eigenvalue weighted by Gasteiger charge is 2.03. The van der Waals surface area contributed by atoms with E-state index in [2.05, 4.69) is 43.5 Å². The summed E-state index contributed by atoms with van der Waals surface area (Å²) in [7, 11) is 3.86. The van der Waals surface area contributed by atoms with Crippen LogP contribution >= 0.6 is 50.1 Å². The Bertz CT molecular complexity index is 366. The molecule has 0 amide bonds. The van der Waals surface area contributed by atoms with Crippen molar-refractivity contribution in [3.05, 3.63) is 25.2 Å². The molecule has 0 heterocycles.